The zero-order valence-corrected chi connectivity index (χ0v) is 12.1. The predicted octanol–water partition coefficient (Wildman–Crippen LogP) is 1.72. The number of aromatic nitrogens is 2. The highest BCUT2D eigenvalue weighted by Crippen LogP contribution is 2.31. The molecule has 0 bridgehead atoms. The lowest BCUT2D eigenvalue weighted by molar-refractivity contribution is -0.126. The molecule has 0 fully saturated rings. The largest absolute Gasteiger partial charge is 0.368 e. The topological polar surface area (TPSA) is 82.5 Å². The van der Waals surface area contributed by atoms with E-state index >= 15 is 0 Å². The maximum Gasteiger partial charge on any atom is 0.245 e. The number of fused-ring (bicyclic) bond motifs is 1. The normalized spacial score (nSPS) is 15.5. The number of para-hydroxylation sites is 1. The highest BCUT2D eigenvalue weighted by molar-refractivity contribution is 5.83. The van der Waals surface area contributed by atoms with E-state index in [2.05, 4.69) is 10.3 Å². The molecule has 2 heterocycles. The molecule has 1 aliphatic heterocycles. The Balaban J connectivity index is 2.04. The molecule has 0 saturated heterocycles. The van der Waals surface area contributed by atoms with Crippen LogP contribution in [0.5, 0.6) is 5.75 Å². The first-order valence-electron chi connectivity index (χ1n) is 6.90. The molecule has 6 heteroatoms. The van der Waals surface area contributed by atoms with Crippen LogP contribution in [-0.2, 0) is 16.8 Å². The standard InChI is InChI=1S/C16H16N4O2/c1-16(15(17)21,20-10-4-8-18-20)11-13-6-2-5-12-7-3-9-19-22-14(12)13/h2-10H,11H2,1H3,(H2,17,21). The Labute approximate surface area is 127 Å². The Morgan fingerprint density at radius 2 is 2.27 bits per heavy atom. The molecule has 2 N–H and O–H groups in total. The number of carbonyl (C=O) groups is 1. The minimum absolute atomic E-state index is 0.358. The lowest BCUT2D eigenvalue weighted by Gasteiger charge is -2.27. The number of hydrogen-bond acceptors (Lipinski definition) is 4. The molecule has 3 rings (SSSR count). The quantitative estimate of drug-likeness (QED) is 0.932. The van der Waals surface area contributed by atoms with Crippen molar-refractivity contribution in [3.63, 3.8) is 0 Å². The van der Waals surface area contributed by atoms with Gasteiger partial charge < -0.3 is 10.6 Å². The Hall–Kier alpha value is -2.89. The van der Waals surface area contributed by atoms with Crippen LogP contribution in [-0.4, -0.2) is 21.9 Å². The SMILES string of the molecule is CC(Cc1cccc2c1ON=CC=C2)(C(N)=O)n1cccn1. The Kier molecular flexibility index (Phi) is 3.50. The average Bonchev–Trinajstić information content (AvgIpc) is 2.93. The summed E-state index contributed by atoms with van der Waals surface area (Å²) in [6, 6.07) is 7.51. The van der Waals surface area contributed by atoms with Gasteiger partial charge >= 0.3 is 0 Å². The second-order valence-electron chi connectivity index (χ2n) is 5.31. The van der Waals surface area contributed by atoms with Gasteiger partial charge in [0.2, 0.25) is 5.91 Å². The highest BCUT2D eigenvalue weighted by Gasteiger charge is 2.35. The van der Waals surface area contributed by atoms with Crippen LogP contribution in [0.4, 0.5) is 0 Å². The minimum Gasteiger partial charge on any atom is -0.368 e. The maximum absolute atomic E-state index is 12.0. The van der Waals surface area contributed by atoms with Gasteiger partial charge in [0, 0.05) is 29.9 Å². The van der Waals surface area contributed by atoms with Crippen LogP contribution in [0.2, 0.25) is 0 Å². The monoisotopic (exact) mass is 296 g/mol. The van der Waals surface area contributed by atoms with Crippen molar-refractivity contribution in [2.24, 2.45) is 10.9 Å². The number of carbonyl (C=O) groups excluding carboxylic acids is 1. The van der Waals surface area contributed by atoms with Gasteiger partial charge in [0.05, 0.1) is 6.21 Å². The van der Waals surface area contributed by atoms with E-state index in [1.54, 1.807) is 42.4 Å². The second kappa shape index (κ2) is 5.48. The zero-order chi connectivity index (χ0) is 15.6. The molecule has 0 spiro atoms. The summed E-state index contributed by atoms with van der Waals surface area (Å²) in [5, 5.41) is 8.03. The van der Waals surface area contributed by atoms with Crippen molar-refractivity contribution in [2.75, 3.05) is 0 Å². The molecule has 1 aromatic heterocycles. The number of benzene rings is 1. The fourth-order valence-electron chi connectivity index (χ4n) is 2.46. The molecule has 6 nitrogen and oxygen atoms in total. The van der Waals surface area contributed by atoms with Gasteiger partial charge in [-0.2, -0.15) is 5.10 Å². The summed E-state index contributed by atoms with van der Waals surface area (Å²) < 4.78 is 1.57. The van der Waals surface area contributed by atoms with E-state index in [0.717, 1.165) is 11.1 Å². The van der Waals surface area contributed by atoms with Crippen LogP contribution < -0.4 is 10.6 Å². The lowest BCUT2D eigenvalue weighted by Crippen LogP contribution is -2.46. The molecule has 112 valence electrons. The Bertz CT molecular complexity index is 750. The van der Waals surface area contributed by atoms with Gasteiger partial charge in [-0.1, -0.05) is 23.4 Å². The molecule has 0 saturated carbocycles. The van der Waals surface area contributed by atoms with Crippen LogP contribution in [0.15, 0.2) is 47.9 Å². The number of allylic oxidation sites excluding steroid dienone is 1. The van der Waals surface area contributed by atoms with Gasteiger partial charge in [-0.05, 0) is 25.1 Å². The van der Waals surface area contributed by atoms with Crippen LogP contribution >= 0.6 is 0 Å². The number of oxime groups is 1. The van der Waals surface area contributed by atoms with Crippen molar-refractivity contribution in [1.29, 1.82) is 0 Å². The molecule has 1 unspecified atom stereocenters. The van der Waals surface area contributed by atoms with E-state index in [0.29, 0.717) is 12.2 Å². The number of hydrogen-bond donors (Lipinski definition) is 1. The molecule has 1 aliphatic rings. The molecule has 2 aromatic rings. The number of rotatable bonds is 4. The summed E-state index contributed by atoms with van der Waals surface area (Å²) in [6.45, 7) is 1.76. The smallest absolute Gasteiger partial charge is 0.245 e. The van der Waals surface area contributed by atoms with Crippen molar-refractivity contribution < 1.29 is 9.63 Å². The van der Waals surface area contributed by atoms with E-state index in [1.165, 1.54) is 0 Å². The van der Waals surface area contributed by atoms with Crippen molar-refractivity contribution >= 4 is 18.2 Å². The van der Waals surface area contributed by atoms with E-state index in [-0.39, 0.29) is 0 Å². The first-order chi connectivity index (χ1) is 10.6. The summed E-state index contributed by atoms with van der Waals surface area (Å²) in [4.78, 5) is 17.5. The molecular formula is C16H16N4O2. The van der Waals surface area contributed by atoms with Crippen molar-refractivity contribution in [3.05, 3.63) is 53.9 Å². The van der Waals surface area contributed by atoms with E-state index in [1.807, 2.05) is 24.3 Å². The molecule has 0 aliphatic carbocycles. The van der Waals surface area contributed by atoms with Crippen LogP contribution in [0.25, 0.3) is 6.08 Å². The summed E-state index contributed by atoms with van der Waals surface area (Å²) in [5.74, 6) is 0.175. The van der Waals surface area contributed by atoms with Gasteiger partial charge in [0.15, 0.2) is 5.75 Å². The molecule has 1 atom stereocenters. The highest BCUT2D eigenvalue weighted by atomic mass is 16.6. The average molecular weight is 296 g/mol. The van der Waals surface area contributed by atoms with Crippen molar-refractivity contribution in [1.82, 2.24) is 9.78 Å². The van der Waals surface area contributed by atoms with E-state index in [4.69, 9.17) is 10.6 Å². The van der Waals surface area contributed by atoms with Gasteiger partial charge in [-0.15, -0.1) is 0 Å². The number of nitrogens with two attached hydrogens (primary N) is 1. The third-order valence-corrected chi connectivity index (χ3v) is 3.77. The van der Waals surface area contributed by atoms with Gasteiger partial charge in [-0.3, -0.25) is 9.48 Å². The first kappa shape index (κ1) is 14.1. The molecular weight excluding hydrogens is 280 g/mol. The molecule has 22 heavy (non-hydrogen) atoms. The maximum atomic E-state index is 12.0. The summed E-state index contributed by atoms with van der Waals surface area (Å²) in [6.07, 6.45) is 8.99. The number of amides is 1. The molecule has 1 aromatic carbocycles. The summed E-state index contributed by atoms with van der Waals surface area (Å²) in [5.41, 5.74) is 6.40. The summed E-state index contributed by atoms with van der Waals surface area (Å²) in [7, 11) is 0. The number of primary amides is 1. The van der Waals surface area contributed by atoms with E-state index in [9.17, 15) is 4.79 Å². The van der Waals surface area contributed by atoms with Gasteiger partial charge in [0.1, 0.15) is 5.54 Å². The van der Waals surface area contributed by atoms with Crippen molar-refractivity contribution in [2.45, 2.75) is 18.9 Å². The van der Waals surface area contributed by atoms with Crippen molar-refractivity contribution in [3.8, 4) is 5.75 Å². The zero-order valence-electron chi connectivity index (χ0n) is 12.1. The fourth-order valence-corrected chi connectivity index (χ4v) is 2.46. The van der Waals surface area contributed by atoms with Crippen LogP contribution in [0.3, 0.4) is 0 Å². The van der Waals surface area contributed by atoms with Crippen LogP contribution in [0, 0.1) is 0 Å². The fraction of sp³-hybridized carbons (Fsp3) is 0.188. The van der Waals surface area contributed by atoms with Gasteiger partial charge in [-0.25, -0.2) is 0 Å². The molecule has 1 amide bonds. The number of nitrogens with zero attached hydrogens (tertiary/aromatic N) is 3. The molecule has 0 radical (unpaired) electrons. The third-order valence-electron chi connectivity index (χ3n) is 3.77. The Morgan fingerprint density at radius 1 is 1.41 bits per heavy atom. The second-order valence-corrected chi connectivity index (χ2v) is 5.31. The van der Waals surface area contributed by atoms with Gasteiger partial charge in [0.25, 0.3) is 0 Å². The first-order valence-corrected chi connectivity index (χ1v) is 6.90. The lowest BCUT2D eigenvalue weighted by atomic mass is 9.90. The minimum atomic E-state index is -0.984. The Morgan fingerprint density at radius 3 is 3.00 bits per heavy atom. The predicted molar refractivity (Wildman–Crippen MR) is 83.4 cm³/mol. The third kappa shape index (κ3) is 2.39. The summed E-state index contributed by atoms with van der Waals surface area (Å²) >= 11 is 0. The van der Waals surface area contributed by atoms with E-state index < -0.39 is 11.4 Å². The van der Waals surface area contributed by atoms with Crippen LogP contribution in [0.1, 0.15) is 18.1 Å².